The average molecular weight is 286 g/mol. The zero-order valence-electron chi connectivity index (χ0n) is 12.3. The first-order chi connectivity index (χ1) is 10.0. The van der Waals surface area contributed by atoms with Crippen molar-refractivity contribution in [2.75, 3.05) is 12.4 Å². The zero-order chi connectivity index (χ0) is 15.4. The molecule has 1 atom stereocenters. The van der Waals surface area contributed by atoms with Crippen LogP contribution in [0.3, 0.4) is 0 Å². The lowest BCUT2D eigenvalue weighted by Crippen LogP contribution is -2.08. The van der Waals surface area contributed by atoms with E-state index >= 15 is 0 Å². The van der Waals surface area contributed by atoms with Crippen molar-refractivity contribution in [2.24, 2.45) is 0 Å². The predicted molar refractivity (Wildman–Crippen MR) is 82.9 cm³/mol. The number of benzene rings is 2. The van der Waals surface area contributed by atoms with E-state index in [4.69, 9.17) is 4.74 Å². The van der Waals surface area contributed by atoms with Gasteiger partial charge in [0.2, 0.25) is 0 Å². The minimum atomic E-state index is -0.367. The molecule has 0 saturated heterocycles. The van der Waals surface area contributed by atoms with Gasteiger partial charge in [-0.05, 0) is 43.2 Å². The second-order valence-electron chi connectivity index (χ2n) is 4.92. The molecular weight excluding hydrogens is 268 g/mol. The topological polar surface area (TPSA) is 64.4 Å². The highest BCUT2D eigenvalue weighted by atomic mass is 16.6. The first-order valence-electron chi connectivity index (χ1n) is 6.67. The van der Waals surface area contributed by atoms with Gasteiger partial charge in [0.1, 0.15) is 11.4 Å². The summed E-state index contributed by atoms with van der Waals surface area (Å²) in [5, 5.41) is 14.3. The van der Waals surface area contributed by atoms with Gasteiger partial charge in [0.15, 0.2) is 0 Å². The molecule has 2 rings (SSSR count). The molecule has 0 saturated carbocycles. The Morgan fingerprint density at radius 1 is 1.24 bits per heavy atom. The summed E-state index contributed by atoms with van der Waals surface area (Å²) < 4.78 is 5.20. The Morgan fingerprint density at radius 3 is 2.67 bits per heavy atom. The number of hydrogen-bond acceptors (Lipinski definition) is 4. The third kappa shape index (κ3) is 3.51. The Bertz CT molecular complexity index is 656. The summed E-state index contributed by atoms with van der Waals surface area (Å²) in [4.78, 5) is 10.8. The van der Waals surface area contributed by atoms with Crippen molar-refractivity contribution >= 4 is 11.4 Å². The number of methoxy groups -OCH3 is 1. The summed E-state index contributed by atoms with van der Waals surface area (Å²) >= 11 is 0. The molecule has 0 radical (unpaired) electrons. The smallest absolute Gasteiger partial charge is 0.292 e. The maximum absolute atomic E-state index is 11.1. The van der Waals surface area contributed by atoms with E-state index in [0.717, 1.165) is 16.9 Å². The first-order valence-corrected chi connectivity index (χ1v) is 6.67. The Kier molecular flexibility index (Phi) is 4.42. The van der Waals surface area contributed by atoms with E-state index in [1.807, 2.05) is 44.2 Å². The lowest BCUT2D eigenvalue weighted by Gasteiger charge is -2.16. The average Bonchev–Trinajstić information content (AvgIpc) is 2.48. The Hall–Kier alpha value is -2.56. The summed E-state index contributed by atoms with van der Waals surface area (Å²) in [5.41, 5.74) is 2.47. The molecule has 1 N–H and O–H groups in total. The number of nitro groups is 1. The van der Waals surface area contributed by atoms with Gasteiger partial charge in [0, 0.05) is 12.1 Å². The molecule has 0 bridgehead atoms. The van der Waals surface area contributed by atoms with Gasteiger partial charge >= 0.3 is 0 Å². The second-order valence-corrected chi connectivity index (χ2v) is 4.92. The van der Waals surface area contributed by atoms with E-state index in [1.165, 1.54) is 0 Å². The Labute approximate surface area is 123 Å². The monoisotopic (exact) mass is 286 g/mol. The van der Waals surface area contributed by atoms with Crippen LogP contribution in [0, 0.1) is 17.0 Å². The van der Waals surface area contributed by atoms with Gasteiger partial charge < -0.3 is 10.1 Å². The summed E-state index contributed by atoms with van der Waals surface area (Å²) in [5.74, 6) is 0.763. The minimum Gasteiger partial charge on any atom is -0.497 e. The number of nitro benzene ring substituents is 1. The van der Waals surface area contributed by atoms with Crippen LogP contribution in [-0.4, -0.2) is 12.0 Å². The van der Waals surface area contributed by atoms with E-state index in [2.05, 4.69) is 5.32 Å². The van der Waals surface area contributed by atoms with Crippen LogP contribution in [0.25, 0.3) is 0 Å². The van der Waals surface area contributed by atoms with E-state index in [9.17, 15) is 10.1 Å². The molecule has 0 aromatic heterocycles. The fourth-order valence-electron chi connectivity index (χ4n) is 2.14. The van der Waals surface area contributed by atoms with E-state index in [1.54, 1.807) is 19.2 Å². The number of rotatable bonds is 5. The van der Waals surface area contributed by atoms with Crippen LogP contribution in [0.2, 0.25) is 0 Å². The molecule has 5 heteroatoms. The van der Waals surface area contributed by atoms with Crippen molar-refractivity contribution in [2.45, 2.75) is 19.9 Å². The SMILES string of the molecule is COc1cccc(C(C)Nc2ccc(C)cc2[N+](=O)[O-])c1. The number of ether oxygens (including phenoxy) is 1. The Balaban J connectivity index is 2.26. The quantitative estimate of drug-likeness (QED) is 0.664. The van der Waals surface area contributed by atoms with Gasteiger partial charge in [0.05, 0.1) is 12.0 Å². The van der Waals surface area contributed by atoms with Crippen LogP contribution in [0.15, 0.2) is 42.5 Å². The molecule has 2 aromatic rings. The van der Waals surface area contributed by atoms with E-state index in [0.29, 0.717) is 5.69 Å². The first kappa shape index (κ1) is 14.8. The van der Waals surface area contributed by atoms with Crippen LogP contribution in [-0.2, 0) is 0 Å². The summed E-state index contributed by atoms with van der Waals surface area (Å²) in [7, 11) is 1.61. The standard InChI is InChI=1S/C16H18N2O3/c1-11-7-8-15(16(9-11)18(19)20)17-12(2)13-5-4-6-14(10-13)21-3/h4-10,12,17H,1-3H3. The van der Waals surface area contributed by atoms with Crippen LogP contribution in [0.4, 0.5) is 11.4 Å². The number of aryl methyl sites for hydroxylation is 1. The molecule has 5 nitrogen and oxygen atoms in total. The molecule has 21 heavy (non-hydrogen) atoms. The van der Waals surface area contributed by atoms with Crippen molar-refractivity contribution in [1.29, 1.82) is 0 Å². The van der Waals surface area contributed by atoms with Gasteiger partial charge in [-0.1, -0.05) is 18.2 Å². The third-order valence-electron chi connectivity index (χ3n) is 3.32. The highest BCUT2D eigenvalue weighted by Crippen LogP contribution is 2.29. The maximum atomic E-state index is 11.1. The van der Waals surface area contributed by atoms with Crippen LogP contribution < -0.4 is 10.1 Å². The van der Waals surface area contributed by atoms with Gasteiger partial charge in [-0.3, -0.25) is 10.1 Å². The fraction of sp³-hybridized carbons (Fsp3) is 0.250. The van der Waals surface area contributed by atoms with Gasteiger partial charge in [0.25, 0.3) is 5.69 Å². The number of nitrogens with zero attached hydrogens (tertiary/aromatic N) is 1. The van der Waals surface area contributed by atoms with Gasteiger partial charge in [-0.2, -0.15) is 0 Å². The van der Waals surface area contributed by atoms with E-state index in [-0.39, 0.29) is 16.7 Å². The molecule has 0 spiro atoms. The van der Waals surface area contributed by atoms with Crippen LogP contribution >= 0.6 is 0 Å². The van der Waals surface area contributed by atoms with Crippen molar-refractivity contribution in [3.63, 3.8) is 0 Å². The molecule has 110 valence electrons. The van der Waals surface area contributed by atoms with Gasteiger partial charge in [-0.15, -0.1) is 0 Å². The van der Waals surface area contributed by atoms with Crippen LogP contribution in [0.5, 0.6) is 5.75 Å². The fourth-order valence-corrected chi connectivity index (χ4v) is 2.14. The molecule has 1 unspecified atom stereocenters. The molecule has 0 amide bonds. The summed E-state index contributed by atoms with van der Waals surface area (Å²) in [6.07, 6.45) is 0. The van der Waals surface area contributed by atoms with E-state index < -0.39 is 0 Å². The third-order valence-corrected chi connectivity index (χ3v) is 3.32. The molecule has 0 heterocycles. The number of anilines is 1. The second kappa shape index (κ2) is 6.26. The van der Waals surface area contributed by atoms with Crippen molar-refractivity contribution in [1.82, 2.24) is 0 Å². The largest absolute Gasteiger partial charge is 0.497 e. The number of nitrogens with one attached hydrogen (secondary N) is 1. The molecule has 0 fully saturated rings. The van der Waals surface area contributed by atoms with Crippen LogP contribution in [0.1, 0.15) is 24.1 Å². The molecule has 0 aliphatic rings. The Morgan fingerprint density at radius 2 is 2.00 bits per heavy atom. The van der Waals surface area contributed by atoms with Crippen molar-refractivity contribution in [3.05, 3.63) is 63.7 Å². The normalized spacial score (nSPS) is 11.8. The molecule has 0 aliphatic carbocycles. The highest BCUT2D eigenvalue weighted by molar-refractivity contribution is 5.63. The molecule has 0 aliphatic heterocycles. The summed E-state index contributed by atoms with van der Waals surface area (Å²) in [6.45, 7) is 3.79. The highest BCUT2D eigenvalue weighted by Gasteiger charge is 2.16. The zero-order valence-corrected chi connectivity index (χ0v) is 12.3. The predicted octanol–water partition coefficient (Wildman–Crippen LogP) is 4.08. The molecule has 2 aromatic carbocycles. The van der Waals surface area contributed by atoms with Crippen molar-refractivity contribution < 1.29 is 9.66 Å². The van der Waals surface area contributed by atoms with Gasteiger partial charge in [-0.25, -0.2) is 0 Å². The minimum absolute atomic E-state index is 0.0680. The maximum Gasteiger partial charge on any atom is 0.292 e. The lowest BCUT2D eigenvalue weighted by molar-refractivity contribution is -0.384. The van der Waals surface area contributed by atoms with Crippen molar-refractivity contribution in [3.8, 4) is 5.75 Å². The lowest BCUT2D eigenvalue weighted by atomic mass is 10.1. The number of hydrogen-bond donors (Lipinski definition) is 1. The summed E-state index contributed by atoms with van der Waals surface area (Å²) in [6, 6.07) is 12.7. The molecular formula is C16H18N2O3.